The second kappa shape index (κ2) is 5.92. The van der Waals surface area contributed by atoms with Gasteiger partial charge in [-0.15, -0.1) is 0 Å². The molecule has 2 N–H and O–H groups in total. The SMILES string of the molecule is CCC(CC)CNS(=O)(=O)c1ccc2c(c1)CCN2. The van der Waals surface area contributed by atoms with E-state index >= 15 is 0 Å². The standard InChI is InChI=1S/C14H22N2O2S/c1-3-11(4-2)10-16-19(17,18)13-5-6-14-12(9-13)7-8-15-14/h5-6,9,11,15-16H,3-4,7-8,10H2,1-2H3. The normalized spacial score (nSPS) is 14.5. The van der Waals surface area contributed by atoms with Gasteiger partial charge in [0.1, 0.15) is 0 Å². The Balaban J connectivity index is 2.11. The monoisotopic (exact) mass is 282 g/mol. The number of hydrogen-bond acceptors (Lipinski definition) is 3. The van der Waals surface area contributed by atoms with Crippen molar-refractivity contribution in [2.75, 3.05) is 18.4 Å². The van der Waals surface area contributed by atoms with E-state index in [9.17, 15) is 8.42 Å². The van der Waals surface area contributed by atoms with Crippen LogP contribution in [-0.2, 0) is 16.4 Å². The van der Waals surface area contributed by atoms with Crippen molar-refractivity contribution in [3.63, 3.8) is 0 Å². The molecule has 1 aromatic carbocycles. The molecule has 2 rings (SSSR count). The Kier molecular flexibility index (Phi) is 4.47. The van der Waals surface area contributed by atoms with Crippen LogP contribution in [0.15, 0.2) is 23.1 Å². The summed E-state index contributed by atoms with van der Waals surface area (Å²) in [5, 5.41) is 3.23. The van der Waals surface area contributed by atoms with Gasteiger partial charge in [0.25, 0.3) is 0 Å². The lowest BCUT2D eigenvalue weighted by Gasteiger charge is -2.14. The molecule has 4 nitrogen and oxygen atoms in total. The van der Waals surface area contributed by atoms with Crippen LogP contribution in [0.5, 0.6) is 0 Å². The van der Waals surface area contributed by atoms with E-state index in [0.29, 0.717) is 17.4 Å². The summed E-state index contributed by atoms with van der Waals surface area (Å²) in [6.07, 6.45) is 2.88. The summed E-state index contributed by atoms with van der Waals surface area (Å²) in [6, 6.07) is 5.31. The Bertz CT molecular complexity index is 536. The Hall–Kier alpha value is -1.07. The molecule has 0 bridgehead atoms. The fraction of sp³-hybridized carbons (Fsp3) is 0.571. The van der Waals surface area contributed by atoms with Gasteiger partial charge in [-0.1, -0.05) is 26.7 Å². The summed E-state index contributed by atoms with van der Waals surface area (Å²) < 4.78 is 27.2. The van der Waals surface area contributed by atoms with Crippen molar-refractivity contribution >= 4 is 15.7 Å². The molecule has 0 aliphatic carbocycles. The molecule has 0 unspecified atom stereocenters. The van der Waals surface area contributed by atoms with E-state index in [1.54, 1.807) is 12.1 Å². The molecule has 1 aromatic rings. The molecule has 0 aromatic heterocycles. The largest absolute Gasteiger partial charge is 0.384 e. The van der Waals surface area contributed by atoms with Crippen molar-refractivity contribution in [3.05, 3.63) is 23.8 Å². The molecule has 106 valence electrons. The first-order valence-corrected chi connectivity index (χ1v) is 8.41. The van der Waals surface area contributed by atoms with Crippen LogP contribution in [0.4, 0.5) is 5.69 Å². The quantitative estimate of drug-likeness (QED) is 0.842. The van der Waals surface area contributed by atoms with Crippen LogP contribution in [-0.4, -0.2) is 21.5 Å². The zero-order chi connectivity index (χ0) is 13.9. The number of nitrogens with one attached hydrogen (secondary N) is 2. The number of fused-ring (bicyclic) bond motifs is 1. The van der Waals surface area contributed by atoms with E-state index in [2.05, 4.69) is 23.9 Å². The number of hydrogen-bond donors (Lipinski definition) is 2. The van der Waals surface area contributed by atoms with Crippen molar-refractivity contribution < 1.29 is 8.42 Å². The highest BCUT2D eigenvalue weighted by atomic mass is 32.2. The van der Waals surface area contributed by atoms with Crippen LogP contribution < -0.4 is 10.0 Å². The van der Waals surface area contributed by atoms with Gasteiger partial charge >= 0.3 is 0 Å². The third kappa shape index (κ3) is 3.28. The van der Waals surface area contributed by atoms with Gasteiger partial charge in [0, 0.05) is 18.8 Å². The second-order valence-corrected chi connectivity index (χ2v) is 6.80. The predicted octanol–water partition coefficient (Wildman–Crippen LogP) is 2.37. The Morgan fingerprint density at radius 2 is 2.05 bits per heavy atom. The van der Waals surface area contributed by atoms with Gasteiger partial charge < -0.3 is 5.32 Å². The zero-order valence-electron chi connectivity index (χ0n) is 11.6. The molecule has 0 radical (unpaired) electrons. The Labute approximate surface area is 115 Å². The first kappa shape index (κ1) is 14.3. The summed E-state index contributed by atoms with van der Waals surface area (Å²) in [4.78, 5) is 0.376. The summed E-state index contributed by atoms with van der Waals surface area (Å²) in [7, 11) is -3.37. The minimum absolute atomic E-state index is 0.376. The Morgan fingerprint density at radius 1 is 1.32 bits per heavy atom. The molecule has 0 atom stereocenters. The highest BCUT2D eigenvalue weighted by molar-refractivity contribution is 7.89. The van der Waals surface area contributed by atoms with E-state index in [1.807, 2.05) is 6.07 Å². The molecule has 0 saturated heterocycles. The third-order valence-electron chi connectivity index (χ3n) is 3.81. The molecule has 5 heteroatoms. The molecule has 0 fully saturated rings. The van der Waals surface area contributed by atoms with E-state index in [0.717, 1.165) is 37.1 Å². The second-order valence-electron chi connectivity index (χ2n) is 5.03. The van der Waals surface area contributed by atoms with E-state index in [1.165, 1.54) is 0 Å². The third-order valence-corrected chi connectivity index (χ3v) is 5.23. The van der Waals surface area contributed by atoms with Crippen molar-refractivity contribution in [3.8, 4) is 0 Å². The molecule has 1 aliphatic heterocycles. The maximum atomic E-state index is 12.2. The van der Waals surface area contributed by atoms with Crippen molar-refractivity contribution in [1.82, 2.24) is 4.72 Å². The topological polar surface area (TPSA) is 58.2 Å². The van der Waals surface area contributed by atoms with E-state index in [4.69, 9.17) is 0 Å². The van der Waals surface area contributed by atoms with Gasteiger partial charge in [-0.05, 0) is 36.1 Å². The highest BCUT2D eigenvalue weighted by Gasteiger charge is 2.18. The van der Waals surface area contributed by atoms with Crippen LogP contribution in [0.2, 0.25) is 0 Å². The van der Waals surface area contributed by atoms with Crippen LogP contribution in [0, 0.1) is 5.92 Å². The fourth-order valence-corrected chi connectivity index (χ4v) is 3.50. The van der Waals surface area contributed by atoms with Crippen LogP contribution in [0.3, 0.4) is 0 Å². The average Bonchev–Trinajstić information content (AvgIpc) is 2.87. The van der Waals surface area contributed by atoms with Crippen molar-refractivity contribution in [2.24, 2.45) is 5.92 Å². The lowest BCUT2D eigenvalue weighted by Crippen LogP contribution is -2.29. The molecule has 0 saturated carbocycles. The smallest absolute Gasteiger partial charge is 0.240 e. The van der Waals surface area contributed by atoms with Crippen LogP contribution in [0.25, 0.3) is 0 Å². The summed E-state index contributed by atoms with van der Waals surface area (Å²) in [5.74, 6) is 0.408. The van der Waals surface area contributed by atoms with Gasteiger partial charge in [-0.3, -0.25) is 0 Å². The number of sulfonamides is 1. The van der Waals surface area contributed by atoms with Gasteiger partial charge in [-0.2, -0.15) is 0 Å². The molecule has 19 heavy (non-hydrogen) atoms. The maximum Gasteiger partial charge on any atom is 0.240 e. The molecular formula is C14H22N2O2S. The fourth-order valence-electron chi connectivity index (χ4n) is 2.34. The van der Waals surface area contributed by atoms with Crippen LogP contribution in [0.1, 0.15) is 32.3 Å². The summed E-state index contributed by atoms with van der Waals surface area (Å²) in [5.41, 5.74) is 2.14. The van der Waals surface area contributed by atoms with Crippen LogP contribution >= 0.6 is 0 Å². The maximum absolute atomic E-state index is 12.2. The van der Waals surface area contributed by atoms with Crippen molar-refractivity contribution in [1.29, 1.82) is 0 Å². The van der Waals surface area contributed by atoms with Gasteiger partial charge in [0.05, 0.1) is 4.90 Å². The van der Waals surface area contributed by atoms with E-state index in [-0.39, 0.29) is 0 Å². The lowest BCUT2D eigenvalue weighted by atomic mass is 10.0. The Morgan fingerprint density at radius 3 is 2.74 bits per heavy atom. The highest BCUT2D eigenvalue weighted by Crippen LogP contribution is 2.25. The average molecular weight is 282 g/mol. The number of anilines is 1. The number of rotatable bonds is 6. The zero-order valence-corrected chi connectivity index (χ0v) is 12.4. The predicted molar refractivity (Wildman–Crippen MR) is 77.9 cm³/mol. The molecule has 0 amide bonds. The number of benzene rings is 1. The minimum Gasteiger partial charge on any atom is -0.384 e. The molecule has 0 spiro atoms. The van der Waals surface area contributed by atoms with Gasteiger partial charge in [-0.25, -0.2) is 13.1 Å². The van der Waals surface area contributed by atoms with Crippen molar-refractivity contribution in [2.45, 2.75) is 38.0 Å². The van der Waals surface area contributed by atoms with Gasteiger partial charge in [0.2, 0.25) is 10.0 Å². The first-order chi connectivity index (χ1) is 9.06. The summed E-state index contributed by atoms with van der Waals surface area (Å²) >= 11 is 0. The molecular weight excluding hydrogens is 260 g/mol. The minimum atomic E-state index is -3.37. The van der Waals surface area contributed by atoms with Gasteiger partial charge in [0.15, 0.2) is 0 Å². The first-order valence-electron chi connectivity index (χ1n) is 6.93. The van der Waals surface area contributed by atoms with E-state index < -0.39 is 10.0 Å². The molecule has 1 aliphatic rings. The lowest BCUT2D eigenvalue weighted by molar-refractivity contribution is 0.479. The molecule has 1 heterocycles. The summed E-state index contributed by atoms with van der Waals surface area (Å²) in [6.45, 7) is 5.58.